The van der Waals surface area contributed by atoms with E-state index in [2.05, 4.69) is 22.9 Å². The average molecular weight is 252 g/mol. The van der Waals surface area contributed by atoms with E-state index in [4.69, 9.17) is 16.0 Å². The Bertz CT molecular complexity index is 244. The van der Waals surface area contributed by atoms with Crippen LogP contribution in [0.15, 0.2) is 21.2 Å². The fourth-order valence-electron chi connectivity index (χ4n) is 1.25. The van der Waals surface area contributed by atoms with Crippen molar-refractivity contribution in [2.24, 2.45) is 0 Å². The predicted molar refractivity (Wildman–Crippen MR) is 54.8 cm³/mol. The molecule has 12 heavy (non-hydrogen) atoms. The van der Waals surface area contributed by atoms with Gasteiger partial charge in [-0.3, -0.25) is 0 Å². The van der Waals surface area contributed by atoms with Crippen LogP contribution >= 0.6 is 27.5 Å². The lowest BCUT2D eigenvalue weighted by atomic mass is 10.0. The van der Waals surface area contributed by atoms with Gasteiger partial charge < -0.3 is 4.42 Å². The Balaban J connectivity index is 2.65. The molecule has 2 atom stereocenters. The first-order valence-electron chi connectivity index (χ1n) is 3.98. The first kappa shape index (κ1) is 10.1. The molecule has 0 aliphatic heterocycles. The van der Waals surface area contributed by atoms with Crippen LogP contribution < -0.4 is 0 Å². The minimum absolute atomic E-state index is 0.192. The molecule has 0 aromatic carbocycles. The maximum atomic E-state index is 5.88. The summed E-state index contributed by atoms with van der Waals surface area (Å²) in [7, 11) is 0. The Morgan fingerprint density at radius 3 is 2.67 bits per heavy atom. The molecular weight excluding hydrogens is 239 g/mol. The molecule has 0 aliphatic rings. The first-order valence-corrected chi connectivity index (χ1v) is 5.21. The average Bonchev–Trinajstić information content (AvgIpc) is 2.33. The Kier molecular flexibility index (Phi) is 3.66. The van der Waals surface area contributed by atoms with Crippen molar-refractivity contribution in [1.29, 1.82) is 0 Å². The number of hydrogen-bond acceptors (Lipinski definition) is 1. The summed E-state index contributed by atoms with van der Waals surface area (Å²) >= 11 is 9.30. The molecular formula is C9H12BrClO. The largest absolute Gasteiger partial charge is 0.468 e. The second-order valence-electron chi connectivity index (χ2n) is 3.05. The third kappa shape index (κ3) is 2.53. The minimum atomic E-state index is 0.192. The molecule has 0 radical (unpaired) electrons. The van der Waals surface area contributed by atoms with Gasteiger partial charge in [0.25, 0.3) is 0 Å². The van der Waals surface area contributed by atoms with Crippen molar-refractivity contribution in [3.63, 3.8) is 0 Å². The number of halogens is 2. The van der Waals surface area contributed by atoms with Gasteiger partial charge in [-0.15, -0.1) is 11.6 Å². The van der Waals surface area contributed by atoms with E-state index in [1.807, 2.05) is 13.0 Å². The molecule has 0 saturated carbocycles. The third-order valence-corrected chi connectivity index (χ3v) is 2.60. The maximum absolute atomic E-state index is 5.88. The molecule has 1 heterocycles. The van der Waals surface area contributed by atoms with Gasteiger partial charge in [0.1, 0.15) is 5.76 Å². The van der Waals surface area contributed by atoms with Gasteiger partial charge >= 0.3 is 0 Å². The number of rotatable bonds is 3. The van der Waals surface area contributed by atoms with Crippen LogP contribution in [0.1, 0.15) is 31.9 Å². The van der Waals surface area contributed by atoms with E-state index in [1.165, 1.54) is 0 Å². The lowest BCUT2D eigenvalue weighted by Crippen LogP contribution is -1.99. The van der Waals surface area contributed by atoms with Crippen molar-refractivity contribution in [2.75, 3.05) is 0 Å². The summed E-state index contributed by atoms with van der Waals surface area (Å²) in [6.07, 6.45) is 2.63. The van der Waals surface area contributed by atoms with Gasteiger partial charge in [-0.25, -0.2) is 0 Å². The Labute approximate surface area is 86.2 Å². The van der Waals surface area contributed by atoms with E-state index < -0.39 is 0 Å². The zero-order valence-corrected chi connectivity index (χ0v) is 9.52. The molecule has 0 amide bonds. The Morgan fingerprint density at radius 2 is 2.25 bits per heavy atom. The topological polar surface area (TPSA) is 13.1 Å². The summed E-state index contributed by atoms with van der Waals surface area (Å²) < 4.78 is 6.36. The molecule has 0 aliphatic carbocycles. The minimum Gasteiger partial charge on any atom is -0.468 e. The van der Waals surface area contributed by atoms with Crippen molar-refractivity contribution in [3.05, 3.63) is 22.6 Å². The molecule has 3 heteroatoms. The fourth-order valence-corrected chi connectivity index (χ4v) is 2.11. The van der Waals surface area contributed by atoms with Crippen LogP contribution in [0, 0.1) is 0 Å². The van der Waals surface area contributed by atoms with Gasteiger partial charge in [0.2, 0.25) is 0 Å². The van der Waals surface area contributed by atoms with Crippen molar-refractivity contribution in [1.82, 2.24) is 0 Å². The van der Waals surface area contributed by atoms with E-state index >= 15 is 0 Å². The second kappa shape index (κ2) is 4.33. The van der Waals surface area contributed by atoms with Crippen LogP contribution in [0.3, 0.4) is 0 Å². The molecule has 0 fully saturated rings. The van der Waals surface area contributed by atoms with Crippen LogP contribution in [0.5, 0.6) is 0 Å². The monoisotopic (exact) mass is 250 g/mol. The molecule has 0 N–H and O–H groups in total. The standard InChI is InChI=1S/C9H12BrClO/c1-6(5-7(2)11)9-8(10)3-4-12-9/h3-4,6-7H,5H2,1-2H3. The van der Waals surface area contributed by atoms with E-state index in [9.17, 15) is 0 Å². The summed E-state index contributed by atoms with van der Waals surface area (Å²) in [5.74, 6) is 1.37. The van der Waals surface area contributed by atoms with Gasteiger partial charge in [0.05, 0.1) is 10.7 Å². The van der Waals surface area contributed by atoms with E-state index in [0.717, 1.165) is 16.7 Å². The van der Waals surface area contributed by atoms with Crippen LogP contribution in [-0.2, 0) is 0 Å². The maximum Gasteiger partial charge on any atom is 0.120 e. The molecule has 1 aromatic heterocycles. The fraction of sp³-hybridized carbons (Fsp3) is 0.556. The smallest absolute Gasteiger partial charge is 0.120 e. The lowest BCUT2D eigenvalue weighted by molar-refractivity contribution is 0.458. The molecule has 1 nitrogen and oxygen atoms in total. The van der Waals surface area contributed by atoms with Gasteiger partial charge in [0.15, 0.2) is 0 Å². The number of hydrogen-bond donors (Lipinski definition) is 0. The molecule has 68 valence electrons. The van der Waals surface area contributed by atoms with Crippen molar-refractivity contribution in [2.45, 2.75) is 31.6 Å². The zero-order valence-electron chi connectivity index (χ0n) is 7.18. The summed E-state index contributed by atoms with van der Waals surface area (Å²) in [5, 5.41) is 0.192. The molecule has 1 rings (SSSR count). The van der Waals surface area contributed by atoms with Gasteiger partial charge in [0, 0.05) is 11.3 Å². The van der Waals surface area contributed by atoms with Gasteiger partial charge in [-0.05, 0) is 35.3 Å². The van der Waals surface area contributed by atoms with Gasteiger partial charge in [-0.2, -0.15) is 0 Å². The van der Waals surface area contributed by atoms with Crippen LogP contribution in [0.25, 0.3) is 0 Å². The van der Waals surface area contributed by atoms with Crippen LogP contribution in [0.4, 0.5) is 0 Å². The zero-order chi connectivity index (χ0) is 9.14. The lowest BCUT2D eigenvalue weighted by Gasteiger charge is -2.10. The highest BCUT2D eigenvalue weighted by Gasteiger charge is 2.14. The SMILES string of the molecule is CC(Cl)CC(C)c1occc1Br. The summed E-state index contributed by atoms with van der Waals surface area (Å²) in [5.41, 5.74) is 0. The first-order chi connectivity index (χ1) is 5.61. The van der Waals surface area contributed by atoms with E-state index in [-0.39, 0.29) is 5.38 Å². The predicted octanol–water partition coefficient (Wildman–Crippen LogP) is 4.16. The molecule has 2 unspecified atom stereocenters. The number of furan rings is 1. The molecule has 0 saturated heterocycles. The Hall–Kier alpha value is 0.0500. The third-order valence-electron chi connectivity index (χ3n) is 1.77. The van der Waals surface area contributed by atoms with Crippen molar-refractivity contribution in [3.8, 4) is 0 Å². The summed E-state index contributed by atoms with van der Waals surface area (Å²) in [6, 6.07) is 1.91. The molecule has 1 aromatic rings. The van der Waals surface area contributed by atoms with Gasteiger partial charge in [-0.1, -0.05) is 6.92 Å². The van der Waals surface area contributed by atoms with Crippen molar-refractivity contribution < 1.29 is 4.42 Å². The Morgan fingerprint density at radius 1 is 1.58 bits per heavy atom. The van der Waals surface area contributed by atoms with E-state index in [0.29, 0.717) is 5.92 Å². The van der Waals surface area contributed by atoms with Crippen molar-refractivity contribution >= 4 is 27.5 Å². The second-order valence-corrected chi connectivity index (χ2v) is 4.65. The summed E-state index contributed by atoms with van der Waals surface area (Å²) in [6.45, 7) is 4.11. The molecule has 0 spiro atoms. The summed E-state index contributed by atoms with van der Waals surface area (Å²) in [4.78, 5) is 0. The van der Waals surface area contributed by atoms with E-state index in [1.54, 1.807) is 6.26 Å². The highest BCUT2D eigenvalue weighted by molar-refractivity contribution is 9.10. The normalized spacial score (nSPS) is 16.0. The van der Waals surface area contributed by atoms with Crippen LogP contribution in [-0.4, -0.2) is 5.38 Å². The molecule has 0 bridgehead atoms. The quantitative estimate of drug-likeness (QED) is 0.735. The van der Waals surface area contributed by atoms with Crippen LogP contribution in [0.2, 0.25) is 0 Å². The highest BCUT2D eigenvalue weighted by atomic mass is 79.9. The number of alkyl halides is 1. The highest BCUT2D eigenvalue weighted by Crippen LogP contribution is 2.29.